The van der Waals surface area contributed by atoms with Crippen LogP contribution in [0, 0.1) is 11.8 Å². The van der Waals surface area contributed by atoms with E-state index in [0.717, 1.165) is 25.9 Å². The van der Waals surface area contributed by atoms with Crippen molar-refractivity contribution in [3.05, 3.63) is 0 Å². The summed E-state index contributed by atoms with van der Waals surface area (Å²) in [6.45, 7) is 4.39. The fourth-order valence-corrected chi connectivity index (χ4v) is 3.03. The molecule has 2 atom stereocenters. The van der Waals surface area contributed by atoms with Crippen LogP contribution in [-0.4, -0.2) is 25.2 Å². The number of carbonyl (C=O) groups excluding carboxylic acids is 1. The van der Waals surface area contributed by atoms with Crippen LogP contribution in [0.4, 0.5) is 0 Å². The van der Waals surface area contributed by atoms with Gasteiger partial charge in [-0.25, -0.2) is 0 Å². The Balaban J connectivity index is 1.69. The van der Waals surface area contributed by atoms with Crippen molar-refractivity contribution in [1.29, 1.82) is 0 Å². The Hall–Kier alpha value is -0.570. The lowest BCUT2D eigenvalue weighted by Crippen LogP contribution is -2.34. The smallest absolute Gasteiger partial charge is 0.306 e. The van der Waals surface area contributed by atoms with Gasteiger partial charge in [-0.05, 0) is 63.5 Å². The Labute approximate surface area is 104 Å². The summed E-state index contributed by atoms with van der Waals surface area (Å²) in [5, 5.41) is 3.41. The number of esters is 1. The second-order valence-corrected chi connectivity index (χ2v) is 5.68. The molecule has 0 radical (unpaired) electrons. The van der Waals surface area contributed by atoms with Gasteiger partial charge in [-0.1, -0.05) is 6.92 Å². The lowest BCUT2D eigenvalue weighted by atomic mass is 9.85. The third kappa shape index (κ3) is 3.98. The molecule has 1 saturated heterocycles. The van der Waals surface area contributed by atoms with E-state index in [4.69, 9.17) is 4.74 Å². The van der Waals surface area contributed by atoms with Crippen LogP contribution in [0.25, 0.3) is 0 Å². The number of nitrogens with one attached hydrogen (secondary N) is 1. The second kappa shape index (κ2) is 6.39. The van der Waals surface area contributed by atoms with Gasteiger partial charge in [0, 0.05) is 6.42 Å². The third-order valence-corrected chi connectivity index (χ3v) is 4.23. The summed E-state index contributed by atoms with van der Waals surface area (Å²) in [7, 11) is 0. The Morgan fingerprint density at radius 2 is 2.06 bits per heavy atom. The van der Waals surface area contributed by atoms with Crippen molar-refractivity contribution in [2.24, 2.45) is 11.8 Å². The van der Waals surface area contributed by atoms with Gasteiger partial charge in [-0.15, -0.1) is 0 Å². The first kappa shape index (κ1) is 12.9. The molecule has 1 saturated carbocycles. The number of carbonyl (C=O) groups is 1. The molecular formula is C14H25NO2. The summed E-state index contributed by atoms with van der Waals surface area (Å²) in [6.07, 6.45) is 7.91. The van der Waals surface area contributed by atoms with Crippen LogP contribution in [0.15, 0.2) is 0 Å². The second-order valence-electron chi connectivity index (χ2n) is 5.68. The molecule has 1 heterocycles. The molecule has 2 fully saturated rings. The SMILES string of the molecule is CC(CC(=O)OC1CCCC1)C1CCCNC1. The number of ether oxygens (including phenoxy) is 1. The predicted octanol–water partition coefficient (Wildman–Crippen LogP) is 2.50. The van der Waals surface area contributed by atoms with Crippen LogP contribution in [-0.2, 0) is 9.53 Å². The molecule has 1 aliphatic heterocycles. The van der Waals surface area contributed by atoms with Crippen molar-refractivity contribution in [1.82, 2.24) is 5.32 Å². The maximum absolute atomic E-state index is 11.8. The lowest BCUT2D eigenvalue weighted by Gasteiger charge is -2.28. The van der Waals surface area contributed by atoms with E-state index in [2.05, 4.69) is 12.2 Å². The molecule has 0 amide bonds. The van der Waals surface area contributed by atoms with E-state index >= 15 is 0 Å². The molecule has 0 aromatic heterocycles. The molecule has 17 heavy (non-hydrogen) atoms. The van der Waals surface area contributed by atoms with E-state index in [1.54, 1.807) is 0 Å². The molecule has 0 spiro atoms. The Kier molecular flexibility index (Phi) is 4.84. The Morgan fingerprint density at radius 3 is 2.71 bits per heavy atom. The van der Waals surface area contributed by atoms with Crippen molar-refractivity contribution in [2.75, 3.05) is 13.1 Å². The first-order valence-electron chi connectivity index (χ1n) is 7.16. The van der Waals surface area contributed by atoms with Crippen molar-refractivity contribution < 1.29 is 9.53 Å². The van der Waals surface area contributed by atoms with Crippen molar-refractivity contribution in [3.8, 4) is 0 Å². The first-order chi connectivity index (χ1) is 8.25. The molecule has 2 rings (SSSR count). The molecule has 0 aromatic rings. The van der Waals surface area contributed by atoms with Gasteiger partial charge in [-0.2, -0.15) is 0 Å². The minimum absolute atomic E-state index is 0.0231. The molecule has 3 nitrogen and oxygen atoms in total. The van der Waals surface area contributed by atoms with Crippen LogP contribution in [0.3, 0.4) is 0 Å². The third-order valence-electron chi connectivity index (χ3n) is 4.23. The summed E-state index contributed by atoms with van der Waals surface area (Å²) in [4.78, 5) is 11.8. The van der Waals surface area contributed by atoms with E-state index < -0.39 is 0 Å². The van der Waals surface area contributed by atoms with Crippen molar-refractivity contribution >= 4 is 5.97 Å². The molecule has 3 heteroatoms. The van der Waals surface area contributed by atoms with Crippen LogP contribution in [0.1, 0.15) is 51.9 Å². The minimum Gasteiger partial charge on any atom is -0.462 e. The van der Waals surface area contributed by atoms with Gasteiger partial charge >= 0.3 is 5.97 Å². The standard InChI is InChI=1S/C14H25NO2/c1-11(12-5-4-8-15-10-12)9-14(16)17-13-6-2-3-7-13/h11-13,15H,2-10H2,1H3. The highest BCUT2D eigenvalue weighted by Gasteiger charge is 2.25. The monoisotopic (exact) mass is 239 g/mol. The maximum atomic E-state index is 11.8. The molecular weight excluding hydrogens is 214 g/mol. The Morgan fingerprint density at radius 1 is 1.29 bits per heavy atom. The van der Waals surface area contributed by atoms with Crippen LogP contribution >= 0.6 is 0 Å². The van der Waals surface area contributed by atoms with E-state index in [9.17, 15) is 4.79 Å². The lowest BCUT2D eigenvalue weighted by molar-refractivity contribution is -0.150. The van der Waals surface area contributed by atoms with E-state index in [0.29, 0.717) is 18.3 Å². The zero-order valence-corrected chi connectivity index (χ0v) is 10.9. The van der Waals surface area contributed by atoms with Gasteiger partial charge in [0.15, 0.2) is 0 Å². The Bertz CT molecular complexity index is 243. The minimum atomic E-state index is 0.0231. The fourth-order valence-electron chi connectivity index (χ4n) is 3.03. The maximum Gasteiger partial charge on any atom is 0.306 e. The molecule has 0 bridgehead atoms. The first-order valence-corrected chi connectivity index (χ1v) is 7.16. The molecule has 98 valence electrons. The summed E-state index contributed by atoms with van der Waals surface area (Å²) >= 11 is 0. The van der Waals surface area contributed by atoms with E-state index in [1.807, 2.05) is 0 Å². The van der Waals surface area contributed by atoms with Crippen LogP contribution in [0.2, 0.25) is 0 Å². The zero-order valence-electron chi connectivity index (χ0n) is 10.9. The number of hydrogen-bond donors (Lipinski definition) is 1. The summed E-state index contributed by atoms with van der Waals surface area (Å²) in [6, 6.07) is 0. The van der Waals surface area contributed by atoms with Crippen molar-refractivity contribution in [3.63, 3.8) is 0 Å². The van der Waals surface area contributed by atoms with Gasteiger partial charge in [0.25, 0.3) is 0 Å². The van der Waals surface area contributed by atoms with Crippen LogP contribution < -0.4 is 5.32 Å². The van der Waals surface area contributed by atoms with Gasteiger partial charge in [0.2, 0.25) is 0 Å². The van der Waals surface area contributed by atoms with E-state index in [-0.39, 0.29) is 12.1 Å². The van der Waals surface area contributed by atoms with Gasteiger partial charge in [-0.3, -0.25) is 4.79 Å². The highest BCUT2D eigenvalue weighted by molar-refractivity contribution is 5.69. The summed E-state index contributed by atoms with van der Waals surface area (Å²) < 4.78 is 5.51. The topological polar surface area (TPSA) is 38.3 Å². The normalized spacial score (nSPS) is 27.9. The van der Waals surface area contributed by atoms with Gasteiger partial charge in [0.05, 0.1) is 0 Å². The molecule has 1 aliphatic carbocycles. The van der Waals surface area contributed by atoms with Gasteiger partial charge in [0.1, 0.15) is 6.10 Å². The highest BCUT2D eigenvalue weighted by atomic mass is 16.5. The largest absolute Gasteiger partial charge is 0.462 e. The van der Waals surface area contributed by atoms with Crippen molar-refractivity contribution in [2.45, 2.75) is 58.0 Å². The average Bonchev–Trinajstić information content (AvgIpc) is 2.82. The number of hydrogen-bond acceptors (Lipinski definition) is 3. The highest BCUT2D eigenvalue weighted by Crippen LogP contribution is 2.25. The number of piperidine rings is 1. The summed E-state index contributed by atoms with van der Waals surface area (Å²) in [5.74, 6) is 1.13. The molecule has 2 aliphatic rings. The van der Waals surface area contributed by atoms with Gasteiger partial charge < -0.3 is 10.1 Å². The molecule has 1 N–H and O–H groups in total. The van der Waals surface area contributed by atoms with Crippen LogP contribution in [0.5, 0.6) is 0 Å². The average molecular weight is 239 g/mol. The summed E-state index contributed by atoms with van der Waals surface area (Å²) in [5.41, 5.74) is 0. The van der Waals surface area contributed by atoms with E-state index in [1.165, 1.54) is 25.7 Å². The predicted molar refractivity (Wildman–Crippen MR) is 67.7 cm³/mol. The molecule has 0 aromatic carbocycles. The zero-order chi connectivity index (χ0) is 12.1. The quantitative estimate of drug-likeness (QED) is 0.766. The fraction of sp³-hybridized carbons (Fsp3) is 0.929. The number of rotatable bonds is 4. The molecule has 2 unspecified atom stereocenters.